The van der Waals surface area contributed by atoms with Crippen molar-refractivity contribution in [2.45, 2.75) is 45.3 Å². The van der Waals surface area contributed by atoms with Crippen LogP contribution in [0.15, 0.2) is 36.4 Å². The summed E-state index contributed by atoms with van der Waals surface area (Å²) < 4.78 is 25.3. The molecule has 0 unspecified atom stereocenters. The Morgan fingerprint density at radius 2 is 1.55 bits per heavy atom. The summed E-state index contributed by atoms with van der Waals surface area (Å²) in [7, 11) is -0.422. The van der Waals surface area contributed by atoms with E-state index in [9.17, 15) is 4.39 Å². The van der Waals surface area contributed by atoms with Gasteiger partial charge in [-0.05, 0) is 49.5 Å². The predicted octanol–water partition coefficient (Wildman–Crippen LogP) is 3.65. The molecule has 2 aromatic rings. The molecule has 0 saturated carbocycles. The van der Waals surface area contributed by atoms with E-state index < -0.39 is 7.12 Å². The SMILES string of the molecule is CC1(C)OB(c2cccc3cccc(CCF)c23)OC1(C)C. The Bertz CT molecular complexity index is 675. The average Bonchev–Trinajstić information content (AvgIpc) is 2.67. The van der Waals surface area contributed by atoms with Crippen molar-refractivity contribution in [3.8, 4) is 0 Å². The molecule has 0 radical (unpaired) electrons. The van der Waals surface area contributed by atoms with Gasteiger partial charge in [-0.1, -0.05) is 36.4 Å². The van der Waals surface area contributed by atoms with Gasteiger partial charge in [-0.15, -0.1) is 0 Å². The maximum atomic E-state index is 12.9. The molecule has 0 bridgehead atoms. The normalized spacial score (nSPS) is 19.8. The number of benzene rings is 2. The van der Waals surface area contributed by atoms with Crippen molar-refractivity contribution in [1.82, 2.24) is 0 Å². The van der Waals surface area contributed by atoms with E-state index in [2.05, 4.69) is 0 Å². The minimum absolute atomic E-state index is 0.364. The Morgan fingerprint density at radius 1 is 0.955 bits per heavy atom. The molecular formula is C18H22BFO2. The van der Waals surface area contributed by atoms with Gasteiger partial charge < -0.3 is 9.31 Å². The third-order valence-electron chi connectivity index (χ3n) is 4.89. The number of rotatable bonds is 3. The topological polar surface area (TPSA) is 18.5 Å². The van der Waals surface area contributed by atoms with E-state index in [1.54, 1.807) is 0 Å². The Hall–Kier alpha value is -1.39. The molecule has 0 amide bonds. The lowest BCUT2D eigenvalue weighted by molar-refractivity contribution is 0.00578. The van der Waals surface area contributed by atoms with E-state index >= 15 is 0 Å². The average molecular weight is 300 g/mol. The van der Waals surface area contributed by atoms with Crippen LogP contribution in [-0.2, 0) is 15.7 Å². The second-order valence-electron chi connectivity index (χ2n) is 6.89. The second-order valence-corrected chi connectivity index (χ2v) is 6.89. The first-order chi connectivity index (χ1) is 10.4. The molecule has 22 heavy (non-hydrogen) atoms. The van der Waals surface area contributed by atoms with Crippen molar-refractivity contribution in [1.29, 1.82) is 0 Å². The number of halogens is 1. The molecule has 0 spiro atoms. The largest absolute Gasteiger partial charge is 0.495 e. The number of alkyl halides is 1. The molecule has 1 saturated heterocycles. The maximum Gasteiger partial charge on any atom is 0.495 e. The van der Waals surface area contributed by atoms with Crippen molar-refractivity contribution in [3.63, 3.8) is 0 Å². The minimum atomic E-state index is -0.422. The predicted molar refractivity (Wildman–Crippen MR) is 89.3 cm³/mol. The van der Waals surface area contributed by atoms with Crippen LogP contribution in [-0.4, -0.2) is 25.0 Å². The molecule has 0 aliphatic carbocycles. The van der Waals surface area contributed by atoms with Gasteiger partial charge in [-0.3, -0.25) is 4.39 Å². The number of hydrogen-bond acceptors (Lipinski definition) is 2. The van der Waals surface area contributed by atoms with Crippen LogP contribution >= 0.6 is 0 Å². The van der Waals surface area contributed by atoms with Crippen LogP contribution in [0, 0.1) is 0 Å². The third-order valence-corrected chi connectivity index (χ3v) is 4.89. The number of fused-ring (bicyclic) bond motifs is 1. The molecule has 2 aromatic carbocycles. The van der Waals surface area contributed by atoms with Crippen LogP contribution in [0.3, 0.4) is 0 Å². The van der Waals surface area contributed by atoms with Crippen LogP contribution in [0.2, 0.25) is 0 Å². The van der Waals surface area contributed by atoms with E-state index in [1.165, 1.54) is 0 Å². The first-order valence-corrected chi connectivity index (χ1v) is 7.78. The lowest BCUT2D eigenvalue weighted by atomic mass is 9.75. The van der Waals surface area contributed by atoms with Gasteiger partial charge in [-0.2, -0.15) is 0 Å². The van der Waals surface area contributed by atoms with Gasteiger partial charge in [0.2, 0.25) is 0 Å². The molecule has 1 aliphatic rings. The van der Waals surface area contributed by atoms with Gasteiger partial charge in [0.1, 0.15) is 0 Å². The van der Waals surface area contributed by atoms with Crippen molar-refractivity contribution < 1.29 is 13.7 Å². The molecule has 116 valence electrons. The number of hydrogen-bond donors (Lipinski definition) is 0. The highest BCUT2D eigenvalue weighted by atomic mass is 19.1. The fourth-order valence-corrected chi connectivity index (χ4v) is 2.93. The quantitative estimate of drug-likeness (QED) is 0.806. The monoisotopic (exact) mass is 300 g/mol. The molecule has 0 aromatic heterocycles. The minimum Gasteiger partial charge on any atom is -0.399 e. The highest BCUT2D eigenvalue weighted by Crippen LogP contribution is 2.37. The van der Waals surface area contributed by atoms with Crippen molar-refractivity contribution in [3.05, 3.63) is 42.0 Å². The summed E-state index contributed by atoms with van der Waals surface area (Å²) in [5.74, 6) is 0. The summed E-state index contributed by atoms with van der Waals surface area (Å²) in [6.45, 7) is 7.80. The Balaban J connectivity index is 2.12. The molecule has 0 N–H and O–H groups in total. The van der Waals surface area contributed by atoms with E-state index in [0.717, 1.165) is 21.8 Å². The summed E-state index contributed by atoms with van der Waals surface area (Å²) in [6.07, 6.45) is 0.411. The molecule has 1 heterocycles. The maximum absolute atomic E-state index is 12.9. The van der Waals surface area contributed by atoms with E-state index in [1.807, 2.05) is 64.1 Å². The van der Waals surface area contributed by atoms with Gasteiger partial charge in [-0.25, -0.2) is 0 Å². The first-order valence-electron chi connectivity index (χ1n) is 7.78. The van der Waals surface area contributed by atoms with Gasteiger partial charge >= 0.3 is 7.12 Å². The van der Waals surface area contributed by atoms with Crippen molar-refractivity contribution in [2.24, 2.45) is 0 Å². The standard InChI is InChI=1S/C18H22BFO2/c1-17(2)18(3,4)22-19(21-17)15-10-6-9-13-7-5-8-14(11-12-20)16(13)15/h5-10H,11-12H2,1-4H3. The molecule has 1 aliphatic heterocycles. The van der Waals surface area contributed by atoms with Crippen LogP contribution < -0.4 is 5.46 Å². The summed E-state index contributed by atoms with van der Waals surface area (Å²) in [4.78, 5) is 0. The molecule has 4 heteroatoms. The van der Waals surface area contributed by atoms with Crippen LogP contribution in [0.25, 0.3) is 10.8 Å². The van der Waals surface area contributed by atoms with Crippen molar-refractivity contribution in [2.75, 3.05) is 6.67 Å². The molecule has 2 nitrogen and oxygen atoms in total. The zero-order chi connectivity index (χ0) is 16.0. The van der Waals surface area contributed by atoms with Gasteiger partial charge in [0.15, 0.2) is 0 Å². The van der Waals surface area contributed by atoms with Gasteiger partial charge in [0.25, 0.3) is 0 Å². The Labute approximate surface area is 131 Å². The van der Waals surface area contributed by atoms with E-state index in [0.29, 0.717) is 6.42 Å². The van der Waals surface area contributed by atoms with E-state index in [4.69, 9.17) is 9.31 Å². The molecule has 0 atom stereocenters. The highest BCUT2D eigenvalue weighted by Gasteiger charge is 2.52. The van der Waals surface area contributed by atoms with E-state index in [-0.39, 0.29) is 17.9 Å². The highest BCUT2D eigenvalue weighted by molar-refractivity contribution is 6.65. The fourth-order valence-electron chi connectivity index (χ4n) is 2.93. The summed E-state index contributed by atoms with van der Waals surface area (Å²) in [6, 6.07) is 12.1. The zero-order valence-electron chi connectivity index (χ0n) is 13.7. The molecular weight excluding hydrogens is 278 g/mol. The van der Waals surface area contributed by atoms with Gasteiger partial charge in [0.05, 0.1) is 17.9 Å². The van der Waals surface area contributed by atoms with Gasteiger partial charge in [0, 0.05) is 6.42 Å². The van der Waals surface area contributed by atoms with Crippen molar-refractivity contribution >= 4 is 23.4 Å². The summed E-state index contributed by atoms with van der Waals surface area (Å²) >= 11 is 0. The Morgan fingerprint density at radius 3 is 2.14 bits per heavy atom. The third kappa shape index (κ3) is 2.44. The lowest BCUT2D eigenvalue weighted by Gasteiger charge is -2.32. The zero-order valence-corrected chi connectivity index (χ0v) is 13.7. The first kappa shape index (κ1) is 15.5. The van der Waals surface area contributed by atoms with Crippen LogP contribution in [0.5, 0.6) is 0 Å². The smallest absolute Gasteiger partial charge is 0.399 e. The molecule has 3 rings (SSSR count). The Kier molecular flexibility index (Phi) is 3.78. The number of aryl methyl sites for hydroxylation is 1. The summed E-state index contributed by atoms with van der Waals surface area (Å²) in [5.41, 5.74) is 1.23. The second kappa shape index (κ2) is 5.36. The molecule has 1 fully saturated rings. The van der Waals surface area contributed by atoms with Crippen LogP contribution in [0.1, 0.15) is 33.3 Å². The van der Waals surface area contributed by atoms with Crippen LogP contribution in [0.4, 0.5) is 4.39 Å². The lowest BCUT2D eigenvalue weighted by Crippen LogP contribution is -2.41. The summed E-state index contributed by atoms with van der Waals surface area (Å²) in [5, 5.41) is 2.15. The fraction of sp³-hybridized carbons (Fsp3) is 0.444.